The van der Waals surface area contributed by atoms with E-state index in [9.17, 15) is 9.59 Å². The number of benzene rings is 1. The highest BCUT2D eigenvalue weighted by atomic mass is 16.4. The monoisotopic (exact) mass is 245 g/mol. The van der Waals surface area contributed by atoms with E-state index in [0.717, 1.165) is 11.1 Å². The van der Waals surface area contributed by atoms with Crippen LogP contribution < -0.4 is 5.32 Å². The fraction of sp³-hybridized carbons (Fsp3) is 0.286. The van der Waals surface area contributed by atoms with Crippen molar-refractivity contribution in [1.29, 1.82) is 0 Å². The van der Waals surface area contributed by atoms with Crippen LogP contribution in [0.5, 0.6) is 0 Å². The summed E-state index contributed by atoms with van der Waals surface area (Å²) in [6, 6.07) is 6.46. The SMILES string of the molecule is C#CCC(NC(=O)Cc1ccc(C)cc1)C(=O)O. The molecule has 1 atom stereocenters. The van der Waals surface area contributed by atoms with Crippen molar-refractivity contribution in [2.75, 3.05) is 0 Å². The highest BCUT2D eigenvalue weighted by Crippen LogP contribution is 2.04. The lowest BCUT2D eigenvalue weighted by atomic mass is 10.1. The number of carboxylic acids is 1. The Kier molecular flexibility index (Phi) is 4.94. The molecule has 0 aliphatic rings. The van der Waals surface area contributed by atoms with E-state index >= 15 is 0 Å². The van der Waals surface area contributed by atoms with Crippen LogP contribution in [-0.2, 0) is 16.0 Å². The average molecular weight is 245 g/mol. The topological polar surface area (TPSA) is 66.4 Å². The zero-order valence-electron chi connectivity index (χ0n) is 10.1. The maximum Gasteiger partial charge on any atom is 0.327 e. The number of aliphatic carboxylic acids is 1. The fourth-order valence-corrected chi connectivity index (χ4v) is 1.45. The normalized spacial score (nSPS) is 11.3. The highest BCUT2D eigenvalue weighted by Gasteiger charge is 2.18. The molecule has 1 amide bonds. The molecule has 1 aromatic carbocycles. The van der Waals surface area contributed by atoms with E-state index in [4.69, 9.17) is 11.5 Å². The maximum absolute atomic E-state index is 11.6. The van der Waals surface area contributed by atoms with E-state index in [2.05, 4.69) is 11.2 Å². The third-order valence-corrected chi connectivity index (χ3v) is 2.44. The van der Waals surface area contributed by atoms with E-state index in [0.29, 0.717) is 0 Å². The van der Waals surface area contributed by atoms with Gasteiger partial charge in [0, 0.05) is 6.42 Å². The summed E-state index contributed by atoms with van der Waals surface area (Å²) in [7, 11) is 0. The largest absolute Gasteiger partial charge is 0.480 e. The number of carboxylic acid groups (broad SMARTS) is 1. The van der Waals surface area contributed by atoms with Crippen molar-refractivity contribution in [3.05, 3.63) is 35.4 Å². The molecule has 0 bridgehead atoms. The zero-order valence-corrected chi connectivity index (χ0v) is 10.1. The Morgan fingerprint density at radius 2 is 2.00 bits per heavy atom. The Labute approximate surface area is 106 Å². The standard InChI is InChI=1S/C14H15NO3/c1-3-4-12(14(17)18)15-13(16)9-11-7-5-10(2)6-8-11/h1,5-8,12H,4,9H2,2H3,(H,15,16)(H,17,18). The molecule has 0 aliphatic carbocycles. The molecule has 0 saturated heterocycles. The Balaban J connectivity index is 2.58. The number of aryl methyl sites for hydroxylation is 1. The second kappa shape index (κ2) is 6.45. The van der Waals surface area contributed by atoms with Gasteiger partial charge in [-0.05, 0) is 12.5 Å². The van der Waals surface area contributed by atoms with E-state index < -0.39 is 12.0 Å². The first-order valence-corrected chi connectivity index (χ1v) is 5.54. The lowest BCUT2D eigenvalue weighted by molar-refractivity contribution is -0.141. The summed E-state index contributed by atoms with van der Waals surface area (Å²) in [5, 5.41) is 11.2. The molecule has 4 nitrogen and oxygen atoms in total. The number of hydrogen-bond donors (Lipinski definition) is 2. The predicted molar refractivity (Wildman–Crippen MR) is 67.9 cm³/mol. The van der Waals surface area contributed by atoms with Gasteiger partial charge in [0.15, 0.2) is 0 Å². The number of nitrogens with one attached hydrogen (secondary N) is 1. The molecule has 0 fully saturated rings. The van der Waals surface area contributed by atoms with Crippen molar-refractivity contribution in [1.82, 2.24) is 5.32 Å². The quantitative estimate of drug-likeness (QED) is 0.764. The summed E-state index contributed by atoms with van der Waals surface area (Å²) in [4.78, 5) is 22.5. The minimum atomic E-state index is -1.12. The first-order chi connectivity index (χ1) is 8.52. The molecular weight excluding hydrogens is 230 g/mol. The van der Waals surface area contributed by atoms with Crippen molar-refractivity contribution < 1.29 is 14.7 Å². The third-order valence-electron chi connectivity index (χ3n) is 2.44. The van der Waals surface area contributed by atoms with Gasteiger partial charge >= 0.3 is 5.97 Å². The molecule has 4 heteroatoms. The van der Waals surface area contributed by atoms with Gasteiger partial charge in [0.25, 0.3) is 0 Å². The molecule has 2 N–H and O–H groups in total. The molecule has 0 spiro atoms. The fourth-order valence-electron chi connectivity index (χ4n) is 1.45. The molecule has 94 valence electrons. The van der Waals surface area contributed by atoms with Crippen molar-refractivity contribution >= 4 is 11.9 Å². The molecule has 1 aromatic rings. The minimum Gasteiger partial charge on any atom is -0.480 e. The van der Waals surface area contributed by atoms with Gasteiger partial charge in [0.1, 0.15) is 6.04 Å². The van der Waals surface area contributed by atoms with E-state index in [1.807, 2.05) is 31.2 Å². The maximum atomic E-state index is 11.6. The Morgan fingerprint density at radius 1 is 1.39 bits per heavy atom. The molecule has 0 saturated carbocycles. The first-order valence-electron chi connectivity index (χ1n) is 5.54. The van der Waals surface area contributed by atoms with Crippen LogP contribution in [0.25, 0.3) is 0 Å². The van der Waals surface area contributed by atoms with Crippen molar-refractivity contribution in [2.24, 2.45) is 0 Å². The van der Waals surface area contributed by atoms with Crippen molar-refractivity contribution in [3.63, 3.8) is 0 Å². The van der Waals surface area contributed by atoms with Crippen molar-refractivity contribution in [3.8, 4) is 12.3 Å². The number of hydrogen-bond acceptors (Lipinski definition) is 2. The molecule has 0 aliphatic heterocycles. The van der Waals surface area contributed by atoms with Crippen LogP contribution in [0.15, 0.2) is 24.3 Å². The Hall–Kier alpha value is -2.28. The van der Waals surface area contributed by atoms with Crippen LogP contribution in [-0.4, -0.2) is 23.0 Å². The van der Waals surface area contributed by atoms with Gasteiger partial charge in [-0.15, -0.1) is 12.3 Å². The third kappa shape index (κ3) is 4.30. The van der Waals surface area contributed by atoms with Crippen LogP contribution >= 0.6 is 0 Å². The summed E-state index contributed by atoms with van der Waals surface area (Å²) in [6.07, 6.45) is 5.18. The van der Waals surface area contributed by atoms with Gasteiger partial charge < -0.3 is 10.4 Å². The highest BCUT2D eigenvalue weighted by molar-refractivity contribution is 5.85. The number of terminal acetylenes is 1. The first kappa shape index (κ1) is 13.8. The molecule has 1 rings (SSSR count). The molecule has 0 radical (unpaired) electrons. The average Bonchev–Trinajstić information content (AvgIpc) is 2.31. The van der Waals surface area contributed by atoms with Crippen LogP contribution in [0.3, 0.4) is 0 Å². The smallest absolute Gasteiger partial charge is 0.327 e. The molecule has 0 aromatic heterocycles. The van der Waals surface area contributed by atoms with Crippen LogP contribution in [0, 0.1) is 19.3 Å². The van der Waals surface area contributed by atoms with Gasteiger partial charge in [0.2, 0.25) is 5.91 Å². The molecule has 0 heterocycles. The Morgan fingerprint density at radius 3 is 2.50 bits per heavy atom. The summed E-state index contributed by atoms with van der Waals surface area (Å²) in [6.45, 7) is 1.96. The number of amides is 1. The Bertz CT molecular complexity index is 471. The molecule has 18 heavy (non-hydrogen) atoms. The summed E-state index contributed by atoms with van der Waals surface area (Å²) >= 11 is 0. The van der Waals surface area contributed by atoms with Gasteiger partial charge in [-0.3, -0.25) is 4.79 Å². The second-order valence-electron chi connectivity index (χ2n) is 4.03. The van der Waals surface area contributed by atoms with Crippen LogP contribution in [0.1, 0.15) is 17.5 Å². The van der Waals surface area contributed by atoms with Gasteiger partial charge in [-0.2, -0.15) is 0 Å². The van der Waals surface area contributed by atoms with E-state index in [-0.39, 0.29) is 18.7 Å². The van der Waals surface area contributed by atoms with Crippen molar-refractivity contribution in [2.45, 2.75) is 25.8 Å². The summed E-state index contributed by atoms with van der Waals surface area (Å²) in [5.74, 6) is 0.764. The van der Waals surface area contributed by atoms with E-state index in [1.54, 1.807) is 0 Å². The van der Waals surface area contributed by atoms with Crippen LogP contribution in [0.4, 0.5) is 0 Å². The second-order valence-corrected chi connectivity index (χ2v) is 4.03. The van der Waals surface area contributed by atoms with Gasteiger partial charge in [-0.25, -0.2) is 4.79 Å². The zero-order chi connectivity index (χ0) is 13.5. The molecule has 1 unspecified atom stereocenters. The number of carbonyl (C=O) groups excluding carboxylic acids is 1. The minimum absolute atomic E-state index is 0.0189. The van der Waals surface area contributed by atoms with E-state index in [1.165, 1.54) is 0 Å². The number of rotatable bonds is 5. The van der Waals surface area contributed by atoms with Gasteiger partial charge in [0.05, 0.1) is 6.42 Å². The summed E-state index contributed by atoms with van der Waals surface area (Å²) < 4.78 is 0. The molecular formula is C14H15NO3. The lowest BCUT2D eigenvalue weighted by Crippen LogP contribution is -2.41. The van der Waals surface area contributed by atoms with Crippen LogP contribution in [0.2, 0.25) is 0 Å². The number of carbonyl (C=O) groups is 2. The van der Waals surface area contributed by atoms with Gasteiger partial charge in [-0.1, -0.05) is 29.8 Å². The predicted octanol–water partition coefficient (Wildman–Crippen LogP) is 1.13. The summed E-state index contributed by atoms with van der Waals surface area (Å²) in [5.41, 5.74) is 1.94. The lowest BCUT2D eigenvalue weighted by Gasteiger charge is -2.11.